The number of amides is 1. The lowest BCUT2D eigenvalue weighted by atomic mass is 10.1. The van der Waals surface area contributed by atoms with E-state index in [-0.39, 0.29) is 11.9 Å². The summed E-state index contributed by atoms with van der Waals surface area (Å²) in [6, 6.07) is 17.5. The van der Waals surface area contributed by atoms with Gasteiger partial charge in [0.1, 0.15) is 0 Å². The van der Waals surface area contributed by atoms with Gasteiger partial charge in [-0.1, -0.05) is 42.5 Å². The second kappa shape index (κ2) is 6.58. The molecule has 2 rings (SSSR count). The zero-order chi connectivity index (χ0) is 14.5. The van der Waals surface area contributed by atoms with Gasteiger partial charge < -0.3 is 4.90 Å². The first kappa shape index (κ1) is 14.6. The van der Waals surface area contributed by atoms with Crippen molar-refractivity contribution in [2.24, 2.45) is 0 Å². The van der Waals surface area contributed by atoms with Crippen molar-refractivity contribution in [3.05, 3.63) is 71.3 Å². The van der Waals surface area contributed by atoms with Crippen LogP contribution in [-0.4, -0.2) is 17.9 Å². The summed E-state index contributed by atoms with van der Waals surface area (Å²) in [7, 11) is 1.83. The van der Waals surface area contributed by atoms with E-state index in [9.17, 15) is 4.79 Å². The highest BCUT2D eigenvalue weighted by Gasteiger charge is 2.18. The van der Waals surface area contributed by atoms with Crippen LogP contribution in [0.2, 0.25) is 0 Å². The molecule has 3 heteroatoms. The van der Waals surface area contributed by atoms with Gasteiger partial charge in [-0.05, 0) is 30.2 Å². The van der Waals surface area contributed by atoms with E-state index in [0.29, 0.717) is 11.4 Å². The molecule has 20 heavy (non-hydrogen) atoms. The van der Waals surface area contributed by atoms with Crippen molar-refractivity contribution in [2.45, 2.75) is 18.8 Å². The van der Waals surface area contributed by atoms with Crippen LogP contribution in [0.3, 0.4) is 0 Å². The Hall–Kier alpha value is -1.80. The van der Waals surface area contributed by atoms with Crippen LogP contribution >= 0.6 is 11.6 Å². The molecule has 2 aromatic rings. The molecule has 0 aromatic heterocycles. The Labute approximate surface area is 125 Å². The number of hydrogen-bond donors (Lipinski definition) is 0. The number of benzene rings is 2. The van der Waals surface area contributed by atoms with Crippen LogP contribution in [0.1, 0.15) is 34.5 Å². The van der Waals surface area contributed by atoms with E-state index < -0.39 is 0 Å². The van der Waals surface area contributed by atoms with Crippen molar-refractivity contribution in [1.82, 2.24) is 4.90 Å². The molecule has 0 fully saturated rings. The number of alkyl halides is 1. The fraction of sp³-hybridized carbons (Fsp3) is 0.235. The summed E-state index contributed by atoms with van der Waals surface area (Å²) in [5.41, 5.74) is 2.75. The van der Waals surface area contributed by atoms with Crippen LogP contribution in [0.5, 0.6) is 0 Å². The fourth-order valence-electron chi connectivity index (χ4n) is 2.12. The molecule has 0 bridgehead atoms. The van der Waals surface area contributed by atoms with Gasteiger partial charge >= 0.3 is 0 Å². The first-order valence-electron chi connectivity index (χ1n) is 6.60. The van der Waals surface area contributed by atoms with Gasteiger partial charge in [0.15, 0.2) is 0 Å². The van der Waals surface area contributed by atoms with Crippen molar-refractivity contribution in [2.75, 3.05) is 7.05 Å². The van der Waals surface area contributed by atoms with Crippen LogP contribution in [0.25, 0.3) is 0 Å². The molecule has 0 aliphatic carbocycles. The van der Waals surface area contributed by atoms with Crippen molar-refractivity contribution in [3.63, 3.8) is 0 Å². The molecule has 0 heterocycles. The lowest BCUT2D eigenvalue weighted by molar-refractivity contribution is 0.0742. The summed E-state index contributed by atoms with van der Waals surface area (Å²) in [4.78, 5) is 14.3. The lowest BCUT2D eigenvalue weighted by Gasteiger charge is -2.25. The molecular formula is C17H18ClNO. The highest BCUT2D eigenvalue weighted by Crippen LogP contribution is 2.20. The SMILES string of the molecule is CC(c1ccccc1)N(C)C(=O)c1cccc(CCl)c1. The van der Waals surface area contributed by atoms with E-state index in [2.05, 4.69) is 0 Å². The molecular weight excluding hydrogens is 270 g/mol. The Balaban J connectivity index is 2.19. The molecule has 1 unspecified atom stereocenters. The van der Waals surface area contributed by atoms with Crippen molar-refractivity contribution < 1.29 is 4.79 Å². The molecule has 0 aliphatic rings. The van der Waals surface area contributed by atoms with Crippen molar-refractivity contribution in [3.8, 4) is 0 Å². The first-order valence-corrected chi connectivity index (χ1v) is 7.14. The van der Waals surface area contributed by atoms with Gasteiger partial charge in [0.2, 0.25) is 0 Å². The average molecular weight is 288 g/mol. The third-order valence-electron chi connectivity index (χ3n) is 3.51. The Morgan fingerprint density at radius 2 is 1.85 bits per heavy atom. The van der Waals surface area contributed by atoms with E-state index in [1.165, 1.54) is 0 Å². The number of carbonyl (C=O) groups excluding carboxylic acids is 1. The topological polar surface area (TPSA) is 20.3 Å². The van der Waals surface area contributed by atoms with Gasteiger partial charge in [0.25, 0.3) is 5.91 Å². The Bertz CT molecular complexity index is 583. The van der Waals surface area contributed by atoms with E-state index >= 15 is 0 Å². The molecule has 0 radical (unpaired) electrons. The van der Waals surface area contributed by atoms with Crippen LogP contribution in [0.15, 0.2) is 54.6 Å². The summed E-state index contributed by atoms with van der Waals surface area (Å²) in [5.74, 6) is 0.423. The maximum atomic E-state index is 12.5. The number of halogens is 1. The fourth-order valence-corrected chi connectivity index (χ4v) is 2.29. The minimum Gasteiger partial charge on any atom is -0.335 e. The Morgan fingerprint density at radius 3 is 2.50 bits per heavy atom. The maximum absolute atomic E-state index is 12.5. The van der Waals surface area contributed by atoms with Gasteiger partial charge in [-0.3, -0.25) is 4.79 Å². The largest absolute Gasteiger partial charge is 0.335 e. The third kappa shape index (κ3) is 3.20. The predicted octanol–water partition coefficient (Wildman–Crippen LogP) is 4.26. The van der Waals surface area contributed by atoms with E-state index in [1.54, 1.807) is 4.90 Å². The second-order valence-electron chi connectivity index (χ2n) is 4.84. The zero-order valence-electron chi connectivity index (χ0n) is 11.7. The van der Waals surface area contributed by atoms with Crippen LogP contribution in [-0.2, 0) is 5.88 Å². The van der Waals surface area contributed by atoms with Crippen molar-refractivity contribution >= 4 is 17.5 Å². The smallest absolute Gasteiger partial charge is 0.254 e. The summed E-state index contributed by atoms with van der Waals surface area (Å²) in [6.07, 6.45) is 0. The minimum absolute atomic E-state index is 0.00770. The summed E-state index contributed by atoms with van der Waals surface area (Å²) in [6.45, 7) is 2.03. The standard InChI is InChI=1S/C17H18ClNO/c1-13(15-8-4-3-5-9-15)19(2)17(20)16-10-6-7-14(11-16)12-18/h3-11,13H,12H2,1-2H3. The molecule has 0 N–H and O–H groups in total. The van der Waals surface area contributed by atoms with E-state index in [1.807, 2.05) is 68.6 Å². The number of carbonyl (C=O) groups is 1. The molecule has 0 aliphatic heterocycles. The normalized spacial score (nSPS) is 11.9. The molecule has 2 nitrogen and oxygen atoms in total. The Kier molecular flexibility index (Phi) is 4.80. The summed E-state index contributed by atoms with van der Waals surface area (Å²) >= 11 is 5.82. The average Bonchev–Trinajstić information content (AvgIpc) is 2.53. The van der Waals surface area contributed by atoms with Gasteiger partial charge in [0.05, 0.1) is 6.04 Å². The van der Waals surface area contributed by atoms with Gasteiger partial charge in [-0.15, -0.1) is 11.6 Å². The highest BCUT2D eigenvalue weighted by molar-refractivity contribution is 6.17. The first-order chi connectivity index (χ1) is 9.63. The molecule has 2 aromatic carbocycles. The van der Waals surface area contributed by atoms with Crippen LogP contribution < -0.4 is 0 Å². The monoisotopic (exact) mass is 287 g/mol. The quantitative estimate of drug-likeness (QED) is 0.770. The Morgan fingerprint density at radius 1 is 1.15 bits per heavy atom. The van der Waals surface area contributed by atoms with Gasteiger partial charge in [0, 0.05) is 18.5 Å². The number of rotatable bonds is 4. The van der Waals surface area contributed by atoms with Gasteiger partial charge in [-0.25, -0.2) is 0 Å². The van der Waals surface area contributed by atoms with Gasteiger partial charge in [-0.2, -0.15) is 0 Å². The highest BCUT2D eigenvalue weighted by atomic mass is 35.5. The second-order valence-corrected chi connectivity index (χ2v) is 5.10. The minimum atomic E-state index is 0.00770. The molecule has 1 amide bonds. The number of nitrogens with zero attached hydrogens (tertiary/aromatic N) is 1. The summed E-state index contributed by atoms with van der Waals surface area (Å²) in [5, 5.41) is 0. The molecule has 0 spiro atoms. The lowest BCUT2D eigenvalue weighted by Crippen LogP contribution is -2.29. The molecule has 0 saturated carbocycles. The zero-order valence-corrected chi connectivity index (χ0v) is 12.5. The summed E-state index contributed by atoms with van der Waals surface area (Å²) < 4.78 is 0. The molecule has 104 valence electrons. The van der Waals surface area contributed by atoms with Crippen LogP contribution in [0.4, 0.5) is 0 Å². The molecule has 0 saturated heterocycles. The van der Waals surface area contributed by atoms with Crippen LogP contribution in [0, 0.1) is 0 Å². The van der Waals surface area contributed by atoms with E-state index in [0.717, 1.165) is 11.1 Å². The van der Waals surface area contributed by atoms with Crippen molar-refractivity contribution in [1.29, 1.82) is 0 Å². The van der Waals surface area contributed by atoms with E-state index in [4.69, 9.17) is 11.6 Å². The maximum Gasteiger partial charge on any atom is 0.254 e. The predicted molar refractivity (Wildman–Crippen MR) is 82.9 cm³/mol. The number of hydrogen-bond acceptors (Lipinski definition) is 1. The molecule has 1 atom stereocenters. The third-order valence-corrected chi connectivity index (χ3v) is 3.82.